The molecule has 4 nitrogen and oxygen atoms in total. The summed E-state index contributed by atoms with van der Waals surface area (Å²) in [5, 5.41) is 3.18. The van der Waals surface area contributed by atoms with Crippen molar-refractivity contribution in [3.63, 3.8) is 0 Å². The number of nitrogens with zero attached hydrogens (tertiary/aromatic N) is 1. The highest BCUT2D eigenvalue weighted by molar-refractivity contribution is 5.56. The van der Waals surface area contributed by atoms with E-state index in [2.05, 4.69) is 15.0 Å². The first-order chi connectivity index (χ1) is 8.83. The van der Waals surface area contributed by atoms with Crippen LogP contribution in [0.2, 0.25) is 0 Å². The van der Waals surface area contributed by atoms with E-state index in [0.29, 0.717) is 11.8 Å². The van der Waals surface area contributed by atoms with Gasteiger partial charge in [0.25, 0.3) is 0 Å². The molecule has 0 unspecified atom stereocenters. The predicted molar refractivity (Wildman–Crippen MR) is 68.8 cm³/mol. The lowest BCUT2D eigenvalue weighted by Gasteiger charge is -2.26. The molecule has 2 aliphatic heterocycles. The molecule has 98 valence electrons. The molecule has 0 saturated carbocycles. The fraction of sp³-hybridized carbons (Fsp3) is 0.538. The second kappa shape index (κ2) is 5.12. The maximum Gasteiger partial charge on any atom is 0.162 e. The molecule has 0 aromatic heterocycles. The van der Waals surface area contributed by atoms with E-state index in [1.807, 2.05) is 12.1 Å². The summed E-state index contributed by atoms with van der Waals surface area (Å²) in [5.41, 5.74) is 1.49. The van der Waals surface area contributed by atoms with Crippen molar-refractivity contribution in [1.29, 1.82) is 0 Å². The number of anilines is 2. The normalized spacial score (nSPS) is 22.9. The number of epoxide rings is 1. The summed E-state index contributed by atoms with van der Waals surface area (Å²) in [4.78, 5) is 2.05. The maximum atomic E-state index is 14.0. The Morgan fingerprint density at radius 3 is 2.83 bits per heavy atom. The number of benzene rings is 1. The third kappa shape index (κ3) is 2.73. The smallest absolute Gasteiger partial charge is 0.162 e. The molecule has 2 saturated heterocycles. The number of aliphatic hydroxyl groups is 2. The van der Waals surface area contributed by atoms with E-state index in [0.717, 1.165) is 45.1 Å². The molecule has 0 spiro atoms. The summed E-state index contributed by atoms with van der Waals surface area (Å²) in [6, 6.07) is 5.33. The fourth-order valence-electron chi connectivity index (χ4n) is 2.14. The molecule has 3 rings (SSSR count). The molecule has 2 fully saturated rings. The summed E-state index contributed by atoms with van der Waals surface area (Å²) < 4.78 is 23.4. The molecule has 2 N–H and O–H groups in total. The van der Waals surface area contributed by atoms with Crippen LogP contribution in [-0.2, 0) is 4.74 Å². The highest BCUT2D eigenvalue weighted by atomic mass is 19.1. The Kier molecular flexibility index (Phi) is 3.34. The van der Waals surface area contributed by atoms with Gasteiger partial charge in [0.1, 0.15) is 5.82 Å². The van der Waals surface area contributed by atoms with Crippen molar-refractivity contribution < 1.29 is 13.9 Å². The number of hydrogen-bond acceptors (Lipinski definition) is 3. The van der Waals surface area contributed by atoms with Crippen molar-refractivity contribution in [2.45, 2.75) is 6.10 Å². The van der Waals surface area contributed by atoms with E-state index in [-0.39, 0.29) is 5.82 Å². The van der Waals surface area contributed by atoms with Gasteiger partial charge in [-0.15, -0.1) is 0 Å². The highest BCUT2D eigenvalue weighted by Crippen LogP contribution is 2.24. The van der Waals surface area contributed by atoms with Gasteiger partial charge in [0.05, 0.1) is 31.5 Å². The second-order valence-electron chi connectivity index (χ2n) is 4.66. The van der Waals surface area contributed by atoms with Crippen LogP contribution in [0.1, 0.15) is 0 Å². The Bertz CT molecular complexity index is 417. The molecule has 1 atom stereocenters. The van der Waals surface area contributed by atoms with Crippen LogP contribution >= 0.6 is 0 Å². The number of rotatable bonds is 4. The topological polar surface area (TPSA) is 40.6 Å². The largest absolute Gasteiger partial charge is 0.431 e. The molecule has 1 aromatic carbocycles. The molecule has 0 radical (unpaired) electrons. The van der Waals surface area contributed by atoms with Gasteiger partial charge in [-0.25, -0.2) is 4.39 Å². The molecule has 0 bridgehead atoms. The third-order valence-corrected chi connectivity index (χ3v) is 3.28. The van der Waals surface area contributed by atoms with Gasteiger partial charge in [-0.05, 0) is 18.2 Å². The first-order valence-electron chi connectivity index (χ1n) is 6.36. The van der Waals surface area contributed by atoms with Crippen molar-refractivity contribution in [2.75, 3.05) is 49.7 Å². The van der Waals surface area contributed by atoms with Crippen LogP contribution in [0.3, 0.4) is 0 Å². The molecule has 2 aliphatic rings. The third-order valence-electron chi connectivity index (χ3n) is 3.28. The lowest BCUT2D eigenvalue weighted by molar-refractivity contribution is -0.0438. The second-order valence-corrected chi connectivity index (χ2v) is 4.66. The zero-order valence-electron chi connectivity index (χ0n) is 10.2. The van der Waals surface area contributed by atoms with Crippen LogP contribution in [-0.4, -0.2) is 50.3 Å². The lowest BCUT2D eigenvalue weighted by atomic mass is 10.2. The standard InChI is InChI=1S/C13H17FN2O2/c14-12-7-10(15-8-11-9-18-11)1-2-13(12)16-3-5-17-6-4-16/h1-2,7,11,15H,3-6,8-9H2/p+1/t11-/m1/s1. The Morgan fingerprint density at radius 1 is 1.39 bits per heavy atom. The van der Waals surface area contributed by atoms with E-state index in [1.54, 1.807) is 6.07 Å². The van der Waals surface area contributed by atoms with Crippen molar-refractivity contribution in [1.82, 2.24) is 0 Å². The van der Waals surface area contributed by atoms with E-state index in [1.165, 1.54) is 0 Å². The SMILES string of the molecule is Fc1cc(NC[C@@H]2CO2)ccc1N1CC[OH+]CC1. The van der Waals surface area contributed by atoms with Crippen LogP contribution in [0.15, 0.2) is 18.2 Å². The molecule has 5 heteroatoms. The minimum atomic E-state index is -0.168. The average molecular weight is 253 g/mol. The number of halogens is 1. The molecule has 0 amide bonds. The minimum Gasteiger partial charge on any atom is -0.431 e. The molecule has 1 aromatic rings. The van der Waals surface area contributed by atoms with Gasteiger partial charge >= 0.3 is 0 Å². The van der Waals surface area contributed by atoms with Crippen LogP contribution in [0, 0.1) is 5.82 Å². The first kappa shape index (κ1) is 11.7. The Balaban J connectivity index is 1.66. The molecular formula is C13H18FN2O2+. The summed E-state index contributed by atoms with van der Waals surface area (Å²) >= 11 is 0. The van der Waals surface area contributed by atoms with Crippen LogP contribution in [0.25, 0.3) is 0 Å². The minimum absolute atomic E-state index is 0.168. The highest BCUT2D eigenvalue weighted by Gasteiger charge is 2.22. The summed E-state index contributed by atoms with van der Waals surface area (Å²) in [7, 11) is 0. The Morgan fingerprint density at radius 2 is 2.17 bits per heavy atom. The van der Waals surface area contributed by atoms with Crippen LogP contribution in [0.4, 0.5) is 15.8 Å². The number of hydrogen-bond donors (Lipinski definition) is 1. The van der Waals surface area contributed by atoms with Crippen LogP contribution < -0.4 is 10.2 Å². The van der Waals surface area contributed by atoms with Crippen molar-refractivity contribution >= 4 is 11.4 Å². The van der Waals surface area contributed by atoms with Crippen molar-refractivity contribution in [2.24, 2.45) is 0 Å². The number of nitrogens with one attached hydrogen (secondary N) is 1. The number of morpholine rings is 1. The van der Waals surface area contributed by atoms with Crippen molar-refractivity contribution in [3.05, 3.63) is 24.0 Å². The predicted octanol–water partition coefficient (Wildman–Crippen LogP) is 0.984. The van der Waals surface area contributed by atoms with Gasteiger partial charge in [-0.3, -0.25) is 0 Å². The van der Waals surface area contributed by atoms with E-state index in [4.69, 9.17) is 4.74 Å². The van der Waals surface area contributed by atoms with Gasteiger partial charge in [-0.2, -0.15) is 0 Å². The number of ether oxygens (including phenoxy) is 2. The summed E-state index contributed by atoms with van der Waals surface area (Å²) in [5.74, 6) is -0.168. The maximum absolute atomic E-state index is 14.0. The van der Waals surface area contributed by atoms with E-state index >= 15 is 0 Å². The zero-order chi connectivity index (χ0) is 12.4. The van der Waals surface area contributed by atoms with Gasteiger partial charge in [0.15, 0.2) is 13.2 Å². The van der Waals surface area contributed by atoms with Gasteiger partial charge < -0.3 is 19.7 Å². The lowest BCUT2D eigenvalue weighted by Crippen LogP contribution is -2.38. The molecule has 18 heavy (non-hydrogen) atoms. The van der Waals surface area contributed by atoms with Gasteiger partial charge in [-0.1, -0.05) is 0 Å². The molecule has 2 heterocycles. The van der Waals surface area contributed by atoms with Gasteiger partial charge in [0, 0.05) is 12.2 Å². The average Bonchev–Trinajstić information content (AvgIpc) is 3.21. The van der Waals surface area contributed by atoms with E-state index in [9.17, 15) is 4.39 Å². The summed E-state index contributed by atoms with van der Waals surface area (Å²) in [6.45, 7) is 4.75. The van der Waals surface area contributed by atoms with Crippen LogP contribution in [0.5, 0.6) is 0 Å². The summed E-state index contributed by atoms with van der Waals surface area (Å²) in [6.07, 6.45) is 0.302. The molecular weight excluding hydrogens is 235 g/mol. The van der Waals surface area contributed by atoms with E-state index < -0.39 is 0 Å². The fourth-order valence-corrected chi connectivity index (χ4v) is 2.14. The van der Waals surface area contributed by atoms with Gasteiger partial charge in [0.2, 0.25) is 0 Å². The molecule has 0 aliphatic carbocycles. The quantitative estimate of drug-likeness (QED) is 0.642. The monoisotopic (exact) mass is 253 g/mol. The zero-order valence-corrected chi connectivity index (χ0v) is 10.2. The Hall–Kier alpha value is -1.33. The van der Waals surface area contributed by atoms with Crippen molar-refractivity contribution in [3.8, 4) is 0 Å². The Labute approximate surface area is 106 Å². The first-order valence-corrected chi connectivity index (χ1v) is 6.36.